The summed E-state index contributed by atoms with van der Waals surface area (Å²) >= 11 is 0. The lowest BCUT2D eigenvalue weighted by Crippen LogP contribution is -2.35. The lowest BCUT2D eigenvalue weighted by molar-refractivity contribution is -0.117. The van der Waals surface area contributed by atoms with E-state index in [0.717, 1.165) is 19.4 Å². The van der Waals surface area contributed by atoms with Gasteiger partial charge in [-0.2, -0.15) is 0 Å². The van der Waals surface area contributed by atoms with Crippen LogP contribution in [0.1, 0.15) is 30.1 Å². The number of benzene rings is 1. The number of amides is 1. The molecule has 1 saturated heterocycles. The van der Waals surface area contributed by atoms with Crippen LogP contribution in [-0.4, -0.2) is 24.3 Å². The van der Waals surface area contributed by atoms with Crippen molar-refractivity contribution in [1.82, 2.24) is 5.32 Å². The molecule has 0 radical (unpaired) electrons. The highest BCUT2D eigenvalue weighted by molar-refractivity contribution is 5.98. The van der Waals surface area contributed by atoms with E-state index in [1.807, 2.05) is 0 Å². The third-order valence-corrected chi connectivity index (χ3v) is 2.91. The van der Waals surface area contributed by atoms with Gasteiger partial charge in [-0.25, -0.2) is 0 Å². The van der Waals surface area contributed by atoms with Crippen LogP contribution in [0, 0.1) is 0 Å². The summed E-state index contributed by atoms with van der Waals surface area (Å²) in [5, 5.41) is 5.96. The Kier molecular flexibility index (Phi) is 5.31. The molecule has 0 unspecified atom stereocenters. The number of anilines is 1. The number of rotatable bonds is 3. The highest BCUT2D eigenvalue weighted by Gasteiger charge is 2.21. The Hall–Kier alpha value is -1.39. The molecule has 1 aliphatic rings. The summed E-state index contributed by atoms with van der Waals surface area (Å²) in [6.45, 7) is 2.41. The molecule has 1 aliphatic heterocycles. The first kappa shape index (κ1) is 14.7. The van der Waals surface area contributed by atoms with Crippen LogP contribution in [0.4, 0.5) is 5.69 Å². The lowest BCUT2D eigenvalue weighted by atomic mass is 10.1. The van der Waals surface area contributed by atoms with Crippen LogP contribution < -0.4 is 10.6 Å². The van der Waals surface area contributed by atoms with Crippen LogP contribution in [0.15, 0.2) is 24.3 Å². The van der Waals surface area contributed by atoms with Gasteiger partial charge in [-0.3, -0.25) is 9.59 Å². The van der Waals surface area contributed by atoms with Gasteiger partial charge in [0.05, 0.1) is 6.04 Å². The van der Waals surface area contributed by atoms with E-state index >= 15 is 0 Å². The Labute approximate surface area is 113 Å². The van der Waals surface area contributed by atoms with Crippen molar-refractivity contribution in [2.24, 2.45) is 0 Å². The molecule has 1 atom stereocenters. The van der Waals surface area contributed by atoms with Crippen LogP contribution in [0.2, 0.25) is 0 Å². The molecule has 1 aromatic carbocycles. The van der Waals surface area contributed by atoms with Crippen LogP contribution in [0.3, 0.4) is 0 Å². The van der Waals surface area contributed by atoms with Gasteiger partial charge in [0.1, 0.15) is 0 Å². The molecule has 0 spiro atoms. The van der Waals surface area contributed by atoms with Crippen LogP contribution in [0.25, 0.3) is 0 Å². The molecule has 5 heteroatoms. The standard InChI is InChI=1S/C13H16N2O2.ClH/c1-9(16)10-4-2-5-11(8-10)15-13(17)12-6-3-7-14-12;/h2,4-5,8,12,14H,3,6-7H2,1H3,(H,15,17);1H/t12-;/m0./s1. The number of halogens is 1. The van der Waals surface area contributed by atoms with E-state index in [9.17, 15) is 9.59 Å². The monoisotopic (exact) mass is 268 g/mol. The predicted octanol–water partition coefficient (Wildman–Crippen LogP) is 2.00. The Balaban J connectivity index is 0.00000162. The number of Topliss-reactive ketones (excluding diaryl/α,β-unsaturated/α-hetero) is 1. The zero-order chi connectivity index (χ0) is 12.3. The maximum absolute atomic E-state index is 11.8. The molecule has 4 nitrogen and oxygen atoms in total. The second-order valence-electron chi connectivity index (χ2n) is 4.28. The van der Waals surface area contributed by atoms with Gasteiger partial charge in [0.25, 0.3) is 0 Å². The average molecular weight is 269 g/mol. The predicted molar refractivity (Wildman–Crippen MR) is 73.3 cm³/mol. The zero-order valence-corrected chi connectivity index (χ0v) is 11.0. The van der Waals surface area contributed by atoms with E-state index < -0.39 is 0 Å². The first-order chi connectivity index (χ1) is 8.16. The van der Waals surface area contributed by atoms with E-state index in [2.05, 4.69) is 10.6 Å². The number of hydrogen-bond acceptors (Lipinski definition) is 3. The second kappa shape index (κ2) is 6.52. The van der Waals surface area contributed by atoms with E-state index in [-0.39, 0.29) is 30.1 Å². The maximum atomic E-state index is 11.8. The zero-order valence-electron chi connectivity index (χ0n) is 10.2. The van der Waals surface area contributed by atoms with E-state index in [4.69, 9.17) is 0 Å². The SMILES string of the molecule is CC(=O)c1cccc(NC(=O)[C@@H]2CCCN2)c1.Cl. The van der Waals surface area contributed by atoms with Gasteiger partial charge in [0, 0.05) is 11.3 Å². The Bertz CT molecular complexity index is 442. The summed E-state index contributed by atoms with van der Waals surface area (Å²) in [5.41, 5.74) is 1.29. The Morgan fingerprint density at radius 1 is 1.39 bits per heavy atom. The molecule has 98 valence electrons. The van der Waals surface area contributed by atoms with Crippen molar-refractivity contribution >= 4 is 29.8 Å². The van der Waals surface area contributed by atoms with Crippen molar-refractivity contribution in [2.45, 2.75) is 25.8 Å². The molecule has 0 bridgehead atoms. The van der Waals surface area contributed by atoms with Crippen molar-refractivity contribution in [3.63, 3.8) is 0 Å². The number of ketones is 1. The highest BCUT2D eigenvalue weighted by Crippen LogP contribution is 2.13. The minimum absolute atomic E-state index is 0. The third kappa shape index (κ3) is 3.55. The van der Waals surface area contributed by atoms with Crippen molar-refractivity contribution in [1.29, 1.82) is 0 Å². The van der Waals surface area contributed by atoms with Crippen LogP contribution in [-0.2, 0) is 4.79 Å². The van der Waals surface area contributed by atoms with Gasteiger partial charge in [-0.15, -0.1) is 12.4 Å². The molecule has 0 aromatic heterocycles. The molecule has 18 heavy (non-hydrogen) atoms. The van der Waals surface area contributed by atoms with Crippen molar-refractivity contribution in [3.8, 4) is 0 Å². The van der Waals surface area contributed by atoms with E-state index in [1.54, 1.807) is 24.3 Å². The molecule has 0 saturated carbocycles. The number of hydrogen-bond donors (Lipinski definition) is 2. The first-order valence-corrected chi connectivity index (χ1v) is 5.82. The summed E-state index contributed by atoms with van der Waals surface area (Å²) in [6, 6.07) is 6.91. The van der Waals surface area contributed by atoms with Crippen molar-refractivity contribution in [2.75, 3.05) is 11.9 Å². The van der Waals surface area contributed by atoms with E-state index in [1.165, 1.54) is 6.92 Å². The van der Waals surface area contributed by atoms with Crippen molar-refractivity contribution < 1.29 is 9.59 Å². The molecule has 1 heterocycles. The topological polar surface area (TPSA) is 58.2 Å². The number of carbonyl (C=O) groups excluding carboxylic acids is 2. The number of carbonyl (C=O) groups is 2. The van der Waals surface area contributed by atoms with Gasteiger partial charge in [-0.1, -0.05) is 12.1 Å². The molecule has 0 aliphatic carbocycles. The number of nitrogens with one attached hydrogen (secondary N) is 2. The molecule has 2 N–H and O–H groups in total. The fourth-order valence-electron chi connectivity index (χ4n) is 1.95. The van der Waals surface area contributed by atoms with Crippen molar-refractivity contribution in [3.05, 3.63) is 29.8 Å². The molecule has 1 fully saturated rings. The summed E-state index contributed by atoms with van der Waals surface area (Å²) in [6.07, 6.45) is 1.91. The first-order valence-electron chi connectivity index (χ1n) is 5.82. The summed E-state index contributed by atoms with van der Waals surface area (Å²) in [5.74, 6) is -0.0247. The van der Waals surface area contributed by atoms with Gasteiger partial charge in [0.2, 0.25) is 5.91 Å². The quantitative estimate of drug-likeness (QED) is 0.825. The molecule has 1 aromatic rings. The lowest BCUT2D eigenvalue weighted by Gasteiger charge is -2.11. The molecular weight excluding hydrogens is 252 g/mol. The average Bonchev–Trinajstić information content (AvgIpc) is 2.82. The normalized spacial score (nSPS) is 17.9. The highest BCUT2D eigenvalue weighted by atomic mass is 35.5. The summed E-state index contributed by atoms with van der Waals surface area (Å²) < 4.78 is 0. The van der Waals surface area contributed by atoms with Crippen LogP contribution in [0.5, 0.6) is 0 Å². The second-order valence-corrected chi connectivity index (χ2v) is 4.28. The fraction of sp³-hybridized carbons (Fsp3) is 0.385. The maximum Gasteiger partial charge on any atom is 0.241 e. The van der Waals surface area contributed by atoms with Gasteiger partial charge >= 0.3 is 0 Å². The van der Waals surface area contributed by atoms with Gasteiger partial charge in [-0.05, 0) is 38.4 Å². The summed E-state index contributed by atoms with van der Waals surface area (Å²) in [7, 11) is 0. The Morgan fingerprint density at radius 2 is 2.17 bits per heavy atom. The van der Waals surface area contributed by atoms with Gasteiger partial charge in [0.15, 0.2) is 5.78 Å². The van der Waals surface area contributed by atoms with Gasteiger partial charge < -0.3 is 10.6 Å². The Morgan fingerprint density at radius 3 is 2.78 bits per heavy atom. The molecule has 1 amide bonds. The molecule has 2 rings (SSSR count). The summed E-state index contributed by atoms with van der Waals surface area (Å²) in [4.78, 5) is 23.1. The fourth-order valence-corrected chi connectivity index (χ4v) is 1.95. The minimum atomic E-state index is -0.101. The smallest absolute Gasteiger partial charge is 0.241 e. The van der Waals surface area contributed by atoms with Crippen LogP contribution >= 0.6 is 12.4 Å². The molecular formula is C13H17ClN2O2. The third-order valence-electron chi connectivity index (χ3n) is 2.91. The minimum Gasteiger partial charge on any atom is -0.325 e. The van der Waals surface area contributed by atoms with E-state index in [0.29, 0.717) is 11.3 Å². The largest absolute Gasteiger partial charge is 0.325 e.